The van der Waals surface area contributed by atoms with Gasteiger partial charge in [-0.15, -0.1) is 0 Å². The second kappa shape index (κ2) is 10.1. The van der Waals surface area contributed by atoms with E-state index in [-0.39, 0.29) is 17.4 Å². The summed E-state index contributed by atoms with van der Waals surface area (Å²) in [7, 11) is 8.13. The zero-order valence-electron chi connectivity index (χ0n) is 23.5. The fraction of sp³-hybridized carbons (Fsp3) is 0.407. The van der Waals surface area contributed by atoms with Crippen molar-refractivity contribution in [2.24, 2.45) is 14.1 Å². The SMILES string of the molecule is COc1nc(N(C)C)ncc1-c1nc2c(n1C(C)C)C(C1=CC=C(Cl)CC1)N(c1cn(C)c(=O)n(C)c1=O)C2=O. The molecular formula is C27H31ClN8O4. The van der Waals surface area contributed by atoms with Crippen LogP contribution in [0.15, 0.2) is 44.7 Å². The van der Waals surface area contributed by atoms with Crippen molar-refractivity contribution in [2.75, 3.05) is 31.0 Å². The third-order valence-corrected chi connectivity index (χ3v) is 7.46. The summed E-state index contributed by atoms with van der Waals surface area (Å²) in [6.45, 7) is 3.99. The summed E-state index contributed by atoms with van der Waals surface area (Å²) in [5, 5.41) is 0.707. The van der Waals surface area contributed by atoms with E-state index in [0.717, 1.165) is 10.1 Å². The number of rotatable bonds is 6. The van der Waals surface area contributed by atoms with E-state index >= 15 is 0 Å². The molecule has 0 fully saturated rings. The predicted octanol–water partition coefficient (Wildman–Crippen LogP) is 2.94. The minimum atomic E-state index is -0.648. The van der Waals surface area contributed by atoms with Gasteiger partial charge in [0, 0.05) is 51.7 Å². The Hall–Kier alpha value is -4.19. The molecule has 40 heavy (non-hydrogen) atoms. The lowest BCUT2D eigenvalue weighted by Crippen LogP contribution is -2.42. The van der Waals surface area contributed by atoms with E-state index in [4.69, 9.17) is 21.3 Å². The molecule has 0 N–H and O–H groups in total. The molecule has 0 saturated heterocycles. The summed E-state index contributed by atoms with van der Waals surface area (Å²) in [6, 6.07) is -0.781. The van der Waals surface area contributed by atoms with Gasteiger partial charge in [0.15, 0.2) is 5.69 Å². The molecule has 1 unspecified atom stereocenters. The van der Waals surface area contributed by atoms with Gasteiger partial charge in [-0.05, 0) is 38.3 Å². The van der Waals surface area contributed by atoms with Crippen LogP contribution in [0.2, 0.25) is 0 Å². The van der Waals surface area contributed by atoms with Gasteiger partial charge in [-0.25, -0.2) is 14.8 Å². The van der Waals surface area contributed by atoms with Crippen molar-refractivity contribution >= 4 is 29.1 Å². The number of methoxy groups -OCH3 is 1. The van der Waals surface area contributed by atoms with Gasteiger partial charge in [0.25, 0.3) is 11.5 Å². The molecule has 1 aliphatic heterocycles. The molecule has 0 radical (unpaired) electrons. The Balaban J connectivity index is 1.79. The fourth-order valence-corrected chi connectivity index (χ4v) is 5.37. The van der Waals surface area contributed by atoms with Crippen LogP contribution < -0.4 is 25.8 Å². The molecule has 5 rings (SSSR count). The fourth-order valence-electron chi connectivity index (χ4n) is 5.21. The Labute approximate surface area is 235 Å². The summed E-state index contributed by atoms with van der Waals surface area (Å²) in [6.07, 6.45) is 7.94. The Morgan fingerprint density at radius 3 is 2.42 bits per heavy atom. The molecule has 1 atom stereocenters. The van der Waals surface area contributed by atoms with Crippen LogP contribution in [0.1, 0.15) is 55.0 Å². The van der Waals surface area contributed by atoms with Crippen LogP contribution in [0.4, 0.5) is 11.6 Å². The molecule has 3 aromatic heterocycles. The van der Waals surface area contributed by atoms with E-state index in [2.05, 4.69) is 9.97 Å². The normalized spacial score (nSPS) is 16.8. The van der Waals surface area contributed by atoms with Crippen LogP contribution in [-0.2, 0) is 14.1 Å². The Bertz CT molecular complexity index is 1710. The monoisotopic (exact) mass is 566 g/mol. The summed E-state index contributed by atoms with van der Waals surface area (Å²) in [5.74, 6) is 0.836. The van der Waals surface area contributed by atoms with Crippen molar-refractivity contribution in [3.8, 4) is 17.3 Å². The zero-order valence-corrected chi connectivity index (χ0v) is 24.2. The van der Waals surface area contributed by atoms with Crippen LogP contribution in [0.25, 0.3) is 11.4 Å². The number of halogens is 1. The maximum absolute atomic E-state index is 14.2. The number of aryl methyl sites for hydroxylation is 1. The first-order chi connectivity index (χ1) is 19.0. The molecule has 0 aromatic carbocycles. The number of ether oxygens (including phenoxy) is 1. The summed E-state index contributed by atoms with van der Waals surface area (Å²) < 4.78 is 9.88. The standard InChI is InChI=1S/C27H31ClN8O4/c1-14(2)35-21-19(30-22(35)17-12-29-26(32(3)4)31-23(17)40-7)25(38)36(20(21)15-8-10-16(28)11-9-15)18-13-33(5)27(39)34(6)24(18)37/h8,10,12-14,20H,9,11H2,1-7H3. The zero-order chi connectivity index (χ0) is 29.0. The third-order valence-electron chi connectivity index (χ3n) is 7.15. The first-order valence-corrected chi connectivity index (χ1v) is 13.2. The highest BCUT2D eigenvalue weighted by Crippen LogP contribution is 2.46. The average molecular weight is 567 g/mol. The summed E-state index contributed by atoms with van der Waals surface area (Å²) in [5.41, 5.74) is 1.32. The minimum absolute atomic E-state index is 0.0901. The quantitative estimate of drug-likeness (QED) is 0.446. The molecule has 12 nitrogen and oxygen atoms in total. The van der Waals surface area contributed by atoms with Gasteiger partial charge in [-0.1, -0.05) is 17.7 Å². The van der Waals surface area contributed by atoms with Crippen molar-refractivity contribution in [1.82, 2.24) is 28.7 Å². The van der Waals surface area contributed by atoms with Crippen LogP contribution >= 0.6 is 11.6 Å². The Kier molecular flexibility index (Phi) is 6.90. The van der Waals surface area contributed by atoms with Gasteiger partial charge in [0.1, 0.15) is 17.6 Å². The topological polar surface area (TPSA) is 120 Å². The van der Waals surface area contributed by atoms with E-state index in [1.807, 2.05) is 44.7 Å². The largest absolute Gasteiger partial charge is 0.480 e. The molecule has 0 spiro atoms. The van der Waals surface area contributed by atoms with Gasteiger partial charge in [-0.2, -0.15) is 4.98 Å². The molecule has 0 saturated carbocycles. The molecule has 1 amide bonds. The summed E-state index contributed by atoms with van der Waals surface area (Å²) >= 11 is 6.29. The van der Waals surface area contributed by atoms with Gasteiger partial charge >= 0.3 is 5.69 Å². The number of hydrogen-bond acceptors (Lipinski definition) is 8. The smallest absolute Gasteiger partial charge is 0.330 e. The average Bonchev–Trinajstić information content (AvgIpc) is 3.44. The number of anilines is 2. The van der Waals surface area contributed by atoms with Gasteiger partial charge in [0.05, 0.1) is 18.4 Å². The third kappa shape index (κ3) is 4.23. The van der Waals surface area contributed by atoms with Gasteiger partial charge in [-0.3, -0.25) is 19.1 Å². The van der Waals surface area contributed by atoms with Crippen LogP contribution in [-0.4, -0.2) is 55.8 Å². The van der Waals surface area contributed by atoms with Crippen LogP contribution in [0, 0.1) is 0 Å². The predicted molar refractivity (Wildman–Crippen MR) is 152 cm³/mol. The van der Waals surface area contributed by atoms with Crippen molar-refractivity contribution < 1.29 is 9.53 Å². The van der Waals surface area contributed by atoms with Crippen molar-refractivity contribution in [2.45, 2.75) is 38.8 Å². The van der Waals surface area contributed by atoms with E-state index in [1.165, 1.54) is 29.8 Å². The van der Waals surface area contributed by atoms with Gasteiger partial charge < -0.3 is 18.8 Å². The highest BCUT2D eigenvalue weighted by Gasteiger charge is 2.47. The molecule has 13 heteroatoms. The van der Waals surface area contributed by atoms with Crippen molar-refractivity contribution in [3.05, 3.63) is 67.4 Å². The number of carbonyl (C=O) groups is 1. The number of nitrogens with zero attached hydrogens (tertiary/aromatic N) is 8. The van der Waals surface area contributed by atoms with Crippen LogP contribution in [0.5, 0.6) is 5.88 Å². The van der Waals surface area contributed by atoms with Crippen LogP contribution in [0.3, 0.4) is 0 Å². The second-order valence-corrected chi connectivity index (χ2v) is 10.8. The number of imidazole rings is 1. The second-order valence-electron chi connectivity index (χ2n) is 10.3. The molecule has 210 valence electrons. The lowest BCUT2D eigenvalue weighted by Gasteiger charge is -2.30. The number of allylic oxidation sites excluding steroid dienone is 3. The molecule has 2 aliphatic rings. The number of amides is 1. The molecule has 1 aliphatic carbocycles. The highest BCUT2D eigenvalue weighted by molar-refractivity contribution is 6.29. The Morgan fingerprint density at radius 1 is 1.10 bits per heavy atom. The van der Waals surface area contributed by atoms with E-state index in [1.54, 1.807) is 18.1 Å². The lowest BCUT2D eigenvalue weighted by molar-refractivity contribution is 0.0988. The van der Waals surface area contributed by atoms with Gasteiger partial charge in [0.2, 0.25) is 11.8 Å². The maximum Gasteiger partial charge on any atom is 0.330 e. The number of fused-ring (bicyclic) bond motifs is 1. The first-order valence-electron chi connectivity index (χ1n) is 12.8. The van der Waals surface area contributed by atoms with E-state index in [0.29, 0.717) is 46.8 Å². The number of carbonyl (C=O) groups excluding carboxylic acids is 1. The number of hydrogen-bond donors (Lipinski definition) is 0. The van der Waals surface area contributed by atoms with Crippen molar-refractivity contribution in [3.63, 3.8) is 0 Å². The maximum atomic E-state index is 14.2. The number of aromatic nitrogens is 6. The molecule has 0 bridgehead atoms. The van der Waals surface area contributed by atoms with Crippen molar-refractivity contribution in [1.29, 1.82) is 0 Å². The first kappa shape index (κ1) is 27.4. The molecule has 3 aromatic rings. The molecule has 4 heterocycles. The molecular weight excluding hydrogens is 536 g/mol. The lowest BCUT2D eigenvalue weighted by atomic mass is 9.95. The Morgan fingerprint density at radius 2 is 1.82 bits per heavy atom. The van der Waals surface area contributed by atoms with E-state index < -0.39 is 23.2 Å². The van der Waals surface area contributed by atoms with E-state index in [9.17, 15) is 14.4 Å². The summed E-state index contributed by atoms with van der Waals surface area (Å²) in [4.78, 5) is 57.0. The highest BCUT2D eigenvalue weighted by atomic mass is 35.5. The minimum Gasteiger partial charge on any atom is -0.480 e.